The fourth-order valence-corrected chi connectivity index (χ4v) is 1.66. The Balaban J connectivity index is 2.80. The number of carbonyl (C=O) groups is 2. The number of rotatable bonds is 4. The van der Waals surface area contributed by atoms with E-state index in [1.54, 1.807) is 0 Å². The van der Waals surface area contributed by atoms with Crippen LogP contribution in [0.3, 0.4) is 0 Å². The summed E-state index contributed by atoms with van der Waals surface area (Å²) in [7, 11) is 1.20. The Kier molecular flexibility index (Phi) is 5.67. The lowest BCUT2D eigenvalue weighted by Crippen LogP contribution is -2.38. The van der Waals surface area contributed by atoms with E-state index in [0.29, 0.717) is 5.56 Å². The van der Waals surface area contributed by atoms with Gasteiger partial charge in [-0.05, 0) is 17.7 Å². The van der Waals surface area contributed by atoms with E-state index in [1.807, 2.05) is 0 Å². The summed E-state index contributed by atoms with van der Waals surface area (Å²) in [4.78, 5) is 24.0. The number of carbonyl (C=O) groups excluding carboxylic acids is 2. The molecule has 120 valence electrons. The molecule has 0 unspecified atom stereocenters. The van der Waals surface area contributed by atoms with Gasteiger partial charge in [0.05, 0.1) is 6.04 Å². The predicted octanol–water partition coefficient (Wildman–Crippen LogP) is 2.62. The Morgan fingerprint density at radius 3 is 2.32 bits per heavy atom. The largest absolute Gasteiger partial charge is 0.449 e. The lowest BCUT2D eigenvalue weighted by atomic mass is 10.1. The van der Waals surface area contributed by atoms with Crippen molar-refractivity contribution in [1.29, 1.82) is 0 Å². The summed E-state index contributed by atoms with van der Waals surface area (Å²) < 4.78 is 52.6. The molecule has 0 saturated carbocycles. The summed E-state index contributed by atoms with van der Waals surface area (Å²) in [5, 5.41) is 0. The highest BCUT2D eigenvalue weighted by Crippen LogP contribution is 2.21. The number of likely N-dealkylation sites (N-methyl/N-ethyl adjacent to an activating group) is 1. The minimum Gasteiger partial charge on any atom is -0.449 e. The van der Waals surface area contributed by atoms with Gasteiger partial charge >= 0.3 is 18.1 Å². The molecule has 0 N–H and O–H groups in total. The number of alkyl halides is 3. The van der Waals surface area contributed by atoms with E-state index in [1.165, 1.54) is 25.3 Å². The Morgan fingerprint density at radius 2 is 1.86 bits per heavy atom. The van der Waals surface area contributed by atoms with Crippen molar-refractivity contribution in [2.24, 2.45) is 0 Å². The van der Waals surface area contributed by atoms with Gasteiger partial charge in [-0.2, -0.15) is 13.2 Å². The van der Waals surface area contributed by atoms with E-state index in [0.717, 1.165) is 17.0 Å². The molecule has 0 aliphatic rings. The van der Waals surface area contributed by atoms with Crippen molar-refractivity contribution in [3.8, 4) is 0 Å². The zero-order chi connectivity index (χ0) is 16.9. The van der Waals surface area contributed by atoms with Gasteiger partial charge < -0.3 is 9.64 Å². The van der Waals surface area contributed by atoms with Crippen LogP contribution in [0.4, 0.5) is 17.6 Å². The SMILES string of the molecule is C=C[C@H](c1ccc(F)cc1)N(C)C(=O)C(=O)OCC(F)(F)F. The van der Waals surface area contributed by atoms with Crippen LogP contribution in [0.15, 0.2) is 36.9 Å². The molecule has 0 bridgehead atoms. The molecule has 0 fully saturated rings. The topological polar surface area (TPSA) is 46.6 Å². The summed E-state index contributed by atoms with van der Waals surface area (Å²) in [6.07, 6.45) is -3.43. The number of halogens is 4. The van der Waals surface area contributed by atoms with Crippen molar-refractivity contribution in [1.82, 2.24) is 4.90 Å². The Morgan fingerprint density at radius 1 is 1.32 bits per heavy atom. The fraction of sp³-hybridized carbons (Fsp3) is 0.286. The zero-order valence-electron chi connectivity index (χ0n) is 11.6. The van der Waals surface area contributed by atoms with Crippen molar-refractivity contribution in [2.45, 2.75) is 12.2 Å². The minimum absolute atomic E-state index is 0.441. The maximum Gasteiger partial charge on any atom is 0.422 e. The molecule has 0 aliphatic carbocycles. The first-order valence-corrected chi connectivity index (χ1v) is 6.04. The number of hydrogen-bond acceptors (Lipinski definition) is 3. The molecule has 0 heterocycles. The molecule has 0 aliphatic heterocycles. The first kappa shape index (κ1) is 17.7. The van der Waals surface area contributed by atoms with Gasteiger partial charge in [0.2, 0.25) is 0 Å². The van der Waals surface area contributed by atoms with Crippen LogP contribution in [0.1, 0.15) is 11.6 Å². The van der Waals surface area contributed by atoms with Crippen LogP contribution in [-0.4, -0.2) is 36.6 Å². The summed E-state index contributed by atoms with van der Waals surface area (Å²) in [5.41, 5.74) is 0.441. The van der Waals surface area contributed by atoms with E-state index >= 15 is 0 Å². The second kappa shape index (κ2) is 7.06. The number of ether oxygens (including phenoxy) is 1. The third-order valence-corrected chi connectivity index (χ3v) is 2.71. The zero-order valence-corrected chi connectivity index (χ0v) is 11.6. The molecule has 1 aromatic carbocycles. The number of nitrogens with zero attached hydrogens (tertiary/aromatic N) is 1. The number of esters is 1. The molecule has 0 aromatic heterocycles. The monoisotopic (exact) mass is 319 g/mol. The molecule has 0 spiro atoms. The maximum absolute atomic E-state index is 12.9. The summed E-state index contributed by atoms with van der Waals surface area (Å²) >= 11 is 0. The normalized spacial score (nSPS) is 12.4. The van der Waals surface area contributed by atoms with Gasteiger partial charge in [0, 0.05) is 7.05 Å². The van der Waals surface area contributed by atoms with E-state index in [2.05, 4.69) is 11.3 Å². The molecule has 0 radical (unpaired) electrons. The van der Waals surface area contributed by atoms with Crippen molar-refractivity contribution in [3.05, 3.63) is 48.3 Å². The first-order chi connectivity index (χ1) is 10.2. The highest BCUT2D eigenvalue weighted by atomic mass is 19.4. The van der Waals surface area contributed by atoms with Crippen LogP contribution in [0.2, 0.25) is 0 Å². The minimum atomic E-state index is -4.72. The van der Waals surface area contributed by atoms with Gasteiger partial charge in [-0.25, -0.2) is 9.18 Å². The first-order valence-electron chi connectivity index (χ1n) is 6.04. The summed E-state index contributed by atoms with van der Waals surface area (Å²) in [6, 6.07) is 4.21. The molecular weight excluding hydrogens is 306 g/mol. The fourth-order valence-electron chi connectivity index (χ4n) is 1.66. The second-order valence-corrected chi connectivity index (χ2v) is 4.34. The van der Waals surface area contributed by atoms with Gasteiger partial charge in [-0.1, -0.05) is 18.2 Å². The lowest BCUT2D eigenvalue weighted by molar-refractivity contribution is -0.189. The van der Waals surface area contributed by atoms with Gasteiger partial charge in [0.25, 0.3) is 0 Å². The van der Waals surface area contributed by atoms with Crippen LogP contribution in [0.5, 0.6) is 0 Å². The number of hydrogen-bond donors (Lipinski definition) is 0. The van der Waals surface area contributed by atoms with E-state index in [9.17, 15) is 27.2 Å². The van der Waals surface area contributed by atoms with Crippen LogP contribution < -0.4 is 0 Å². The maximum atomic E-state index is 12.9. The van der Waals surface area contributed by atoms with E-state index < -0.39 is 36.5 Å². The third-order valence-electron chi connectivity index (χ3n) is 2.71. The van der Waals surface area contributed by atoms with E-state index in [-0.39, 0.29) is 0 Å². The summed E-state index contributed by atoms with van der Waals surface area (Å²) in [5.74, 6) is -3.39. The smallest absolute Gasteiger partial charge is 0.422 e. The molecule has 8 heteroatoms. The predicted molar refractivity (Wildman–Crippen MR) is 69.1 cm³/mol. The highest BCUT2D eigenvalue weighted by Gasteiger charge is 2.33. The molecule has 0 saturated heterocycles. The third kappa shape index (κ3) is 4.87. The Bertz CT molecular complexity index is 554. The van der Waals surface area contributed by atoms with Crippen LogP contribution in [0.25, 0.3) is 0 Å². The van der Waals surface area contributed by atoms with Crippen molar-refractivity contribution < 1.29 is 31.9 Å². The van der Waals surface area contributed by atoms with Crippen molar-refractivity contribution in [3.63, 3.8) is 0 Å². The van der Waals surface area contributed by atoms with Crippen molar-refractivity contribution in [2.75, 3.05) is 13.7 Å². The molecule has 4 nitrogen and oxygen atoms in total. The second-order valence-electron chi connectivity index (χ2n) is 4.34. The van der Waals surface area contributed by atoms with Gasteiger partial charge in [0.1, 0.15) is 5.82 Å². The van der Waals surface area contributed by atoms with Crippen molar-refractivity contribution >= 4 is 11.9 Å². The Labute approximate surface area is 124 Å². The molecule has 1 atom stereocenters. The van der Waals surface area contributed by atoms with Gasteiger partial charge in [-0.15, -0.1) is 6.58 Å². The lowest BCUT2D eigenvalue weighted by Gasteiger charge is -2.25. The highest BCUT2D eigenvalue weighted by molar-refractivity contribution is 6.32. The summed E-state index contributed by atoms with van der Waals surface area (Å²) in [6.45, 7) is 1.64. The quantitative estimate of drug-likeness (QED) is 0.371. The Hall–Kier alpha value is -2.38. The average Bonchev–Trinajstić information content (AvgIpc) is 2.45. The average molecular weight is 319 g/mol. The van der Waals surface area contributed by atoms with Gasteiger partial charge in [-0.3, -0.25) is 4.79 Å². The molecule has 1 aromatic rings. The molecular formula is C14H13F4NO3. The van der Waals surface area contributed by atoms with Crippen LogP contribution in [0, 0.1) is 5.82 Å². The van der Waals surface area contributed by atoms with Crippen LogP contribution in [-0.2, 0) is 14.3 Å². The molecule has 1 amide bonds. The number of benzene rings is 1. The van der Waals surface area contributed by atoms with Gasteiger partial charge in [0.15, 0.2) is 6.61 Å². The number of amides is 1. The van der Waals surface area contributed by atoms with Crippen LogP contribution >= 0.6 is 0 Å². The van der Waals surface area contributed by atoms with E-state index in [4.69, 9.17) is 0 Å². The molecule has 1 rings (SSSR count). The molecule has 22 heavy (non-hydrogen) atoms. The standard InChI is InChI=1S/C14H13F4NO3/c1-3-11(9-4-6-10(15)7-5-9)19(2)12(20)13(21)22-8-14(16,17)18/h3-7,11H,1,8H2,2H3/t11-/m1/s1.